The van der Waals surface area contributed by atoms with Gasteiger partial charge >= 0.3 is 0 Å². The number of ether oxygens (including phenoxy) is 1. The first kappa shape index (κ1) is 16.1. The van der Waals surface area contributed by atoms with Gasteiger partial charge in [0.1, 0.15) is 5.82 Å². The first-order chi connectivity index (χ1) is 9.22. The minimum Gasteiger partial charge on any atom is -0.383 e. The fraction of sp³-hybridized carbons (Fsp3) is 0.625. The monoisotopic (exact) mass is 267 g/mol. The summed E-state index contributed by atoms with van der Waals surface area (Å²) in [5.41, 5.74) is 1.22. The van der Waals surface area contributed by atoms with Crippen molar-refractivity contribution in [1.82, 2.24) is 5.32 Å². The molecular weight excluding hydrogens is 241 g/mol. The highest BCUT2D eigenvalue weighted by Gasteiger charge is 2.20. The van der Waals surface area contributed by atoms with Gasteiger partial charge in [-0.15, -0.1) is 0 Å². The summed E-state index contributed by atoms with van der Waals surface area (Å²) in [6.07, 6.45) is 2.29. The largest absolute Gasteiger partial charge is 0.383 e. The van der Waals surface area contributed by atoms with Gasteiger partial charge in [-0.25, -0.2) is 4.39 Å². The molecule has 0 aliphatic heterocycles. The lowest BCUT2D eigenvalue weighted by Gasteiger charge is -2.26. The first-order valence-electron chi connectivity index (χ1n) is 7.18. The van der Waals surface area contributed by atoms with Crippen LogP contribution in [0.15, 0.2) is 24.3 Å². The van der Waals surface area contributed by atoms with E-state index in [1.807, 2.05) is 12.1 Å². The van der Waals surface area contributed by atoms with Gasteiger partial charge in [0.2, 0.25) is 0 Å². The molecule has 19 heavy (non-hydrogen) atoms. The summed E-state index contributed by atoms with van der Waals surface area (Å²) in [6, 6.07) is 6.94. The Hall–Kier alpha value is -0.930. The molecule has 0 aromatic heterocycles. The molecule has 1 aromatic carbocycles. The molecule has 0 radical (unpaired) electrons. The predicted molar refractivity (Wildman–Crippen MR) is 78.0 cm³/mol. The van der Waals surface area contributed by atoms with Crippen LogP contribution >= 0.6 is 0 Å². The highest BCUT2D eigenvalue weighted by atomic mass is 19.1. The van der Waals surface area contributed by atoms with Gasteiger partial charge in [-0.3, -0.25) is 0 Å². The number of benzene rings is 1. The molecule has 1 N–H and O–H groups in total. The Bertz CT molecular complexity index is 335. The maximum absolute atomic E-state index is 13.0. The third kappa shape index (κ3) is 5.29. The lowest BCUT2D eigenvalue weighted by Crippen LogP contribution is -2.28. The van der Waals surface area contributed by atoms with Crippen molar-refractivity contribution < 1.29 is 9.13 Å². The van der Waals surface area contributed by atoms with Crippen LogP contribution in [0.25, 0.3) is 0 Å². The molecule has 3 heteroatoms. The average Bonchev–Trinajstić information content (AvgIpc) is 2.44. The molecule has 0 bridgehead atoms. The molecule has 0 heterocycles. The highest BCUT2D eigenvalue weighted by Crippen LogP contribution is 2.29. The third-order valence-corrected chi connectivity index (χ3v) is 3.76. The Kier molecular flexibility index (Phi) is 7.68. The Morgan fingerprint density at radius 1 is 1.16 bits per heavy atom. The van der Waals surface area contributed by atoms with Crippen molar-refractivity contribution in [2.45, 2.75) is 32.6 Å². The zero-order valence-electron chi connectivity index (χ0n) is 12.3. The van der Waals surface area contributed by atoms with Crippen LogP contribution in [0.5, 0.6) is 0 Å². The molecule has 2 nitrogen and oxygen atoms in total. The van der Waals surface area contributed by atoms with E-state index in [0.717, 1.165) is 32.5 Å². The SMILES string of the molecule is CCC(CC)C(CNCCOC)c1ccc(F)cc1. The number of halogens is 1. The van der Waals surface area contributed by atoms with E-state index in [-0.39, 0.29) is 5.82 Å². The molecule has 1 atom stereocenters. The van der Waals surface area contributed by atoms with E-state index in [2.05, 4.69) is 19.2 Å². The molecule has 0 fully saturated rings. The quantitative estimate of drug-likeness (QED) is 0.690. The smallest absolute Gasteiger partial charge is 0.123 e. The van der Waals surface area contributed by atoms with Gasteiger partial charge in [-0.1, -0.05) is 38.8 Å². The predicted octanol–water partition coefficient (Wildman–Crippen LogP) is 3.58. The number of hydrogen-bond donors (Lipinski definition) is 1. The highest BCUT2D eigenvalue weighted by molar-refractivity contribution is 5.21. The van der Waals surface area contributed by atoms with Crippen LogP contribution < -0.4 is 5.32 Å². The van der Waals surface area contributed by atoms with Crippen molar-refractivity contribution in [3.63, 3.8) is 0 Å². The van der Waals surface area contributed by atoms with E-state index in [0.29, 0.717) is 11.8 Å². The Labute approximate surface area is 116 Å². The van der Waals surface area contributed by atoms with Crippen molar-refractivity contribution in [2.24, 2.45) is 5.92 Å². The fourth-order valence-corrected chi connectivity index (χ4v) is 2.56. The van der Waals surface area contributed by atoms with Crippen LogP contribution in [0.3, 0.4) is 0 Å². The van der Waals surface area contributed by atoms with Gasteiger partial charge in [0.05, 0.1) is 6.61 Å². The number of rotatable bonds is 9. The summed E-state index contributed by atoms with van der Waals surface area (Å²) in [5.74, 6) is 0.896. The molecule has 1 aromatic rings. The van der Waals surface area contributed by atoms with Crippen LogP contribution in [0.4, 0.5) is 4.39 Å². The van der Waals surface area contributed by atoms with Gasteiger partial charge in [0.25, 0.3) is 0 Å². The van der Waals surface area contributed by atoms with Crippen molar-refractivity contribution in [3.8, 4) is 0 Å². The number of hydrogen-bond acceptors (Lipinski definition) is 2. The maximum atomic E-state index is 13.0. The van der Waals surface area contributed by atoms with Crippen LogP contribution in [0.1, 0.15) is 38.2 Å². The zero-order chi connectivity index (χ0) is 14.1. The summed E-state index contributed by atoms with van der Waals surface area (Å²) in [5, 5.41) is 3.43. The summed E-state index contributed by atoms with van der Waals surface area (Å²) < 4.78 is 18.1. The van der Waals surface area contributed by atoms with Gasteiger partial charge in [-0.05, 0) is 29.5 Å². The van der Waals surface area contributed by atoms with Crippen molar-refractivity contribution >= 4 is 0 Å². The van der Waals surface area contributed by atoms with E-state index in [1.165, 1.54) is 5.56 Å². The Morgan fingerprint density at radius 3 is 2.32 bits per heavy atom. The molecule has 0 spiro atoms. The van der Waals surface area contributed by atoms with E-state index in [1.54, 1.807) is 19.2 Å². The standard InChI is InChI=1S/C16H26FNO/c1-4-13(5-2)16(12-18-10-11-19-3)14-6-8-15(17)9-7-14/h6-9,13,16,18H,4-5,10-12H2,1-3H3. The van der Waals surface area contributed by atoms with E-state index in [9.17, 15) is 4.39 Å². The van der Waals surface area contributed by atoms with Gasteiger partial charge in [0, 0.05) is 20.2 Å². The maximum Gasteiger partial charge on any atom is 0.123 e. The average molecular weight is 267 g/mol. The normalized spacial score (nSPS) is 12.9. The fourth-order valence-electron chi connectivity index (χ4n) is 2.56. The lowest BCUT2D eigenvalue weighted by atomic mass is 9.82. The first-order valence-corrected chi connectivity index (χ1v) is 7.18. The third-order valence-electron chi connectivity index (χ3n) is 3.76. The number of methoxy groups -OCH3 is 1. The van der Waals surface area contributed by atoms with E-state index < -0.39 is 0 Å². The molecule has 0 aliphatic carbocycles. The molecule has 0 saturated heterocycles. The second-order valence-corrected chi connectivity index (χ2v) is 4.93. The molecule has 1 rings (SSSR count). The summed E-state index contributed by atoms with van der Waals surface area (Å²) in [4.78, 5) is 0. The molecule has 0 aliphatic rings. The lowest BCUT2D eigenvalue weighted by molar-refractivity contribution is 0.197. The van der Waals surface area contributed by atoms with Crippen LogP contribution in [-0.2, 0) is 4.74 Å². The van der Waals surface area contributed by atoms with Crippen molar-refractivity contribution in [1.29, 1.82) is 0 Å². The molecule has 0 saturated carbocycles. The summed E-state index contributed by atoms with van der Waals surface area (Å²) in [6.45, 7) is 6.94. The van der Waals surface area contributed by atoms with Crippen LogP contribution in [0.2, 0.25) is 0 Å². The molecule has 0 amide bonds. The Morgan fingerprint density at radius 2 is 1.79 bits per heavy atom. The van der Waals surface area contributed by atoms with E-state index >= 15 is 0 Å². The van der Waals surface area contributed by atoms with Crippen molar-refractivity contribution in [2.75, 3.05) is 26.8 Å². The molecule has 1 unspecified atom stereocenters. The summed E-state index contributed by atoms with van der Waals surface area (Å²) in [7, 11) is 1.71. The molecule has 108 valence electrons. The minimum atomic E-state index is -0.167. The second-order valence-electron chi connectivity index (χ2n) is 4.93. The van der Waals surface area contributed by atoms with Gasteiger partial charge in [0.15, 0.2) is 0 Å². The second kappa shape index (κ2) is 9.05. The molecular formula is C16H26FNO. The van der Waals surface area contributed by atoms with Crippen LogP contribution in [0, 0.1) is 11.7 Å². The van der Waals surface area contributed by atoms with Crippen molar-refractivity contribution in [3.05, 3.63) is 35.6 Å². The van der Waals surface area contributed by atoms with Gasteiger partial charge in [-0.2, -0.15) is 0 Å². The van der Waals surface area contributed by atoms with Gasteiger partial charge < -0.3 is 10.1 Å². The van der Waals surface area contributed by atoms with Crippen LogP contribution in [-0.4, -0.2) is 26.8 Å². The minimum absolute atomic E-state index is 0.167. The topological polar surface area (TPSA) is 21.3 Å². The van der Waals surface area contributed by atoms with E-state index in [4.69, 9.17) is 4.74 Å². The number of nitrogens with one attached hydrogen (secondary N) is 1. The summed E-state index contributed by atoms with van der Waals surface area (Å²) >= 11 is 0. The Balaban J connectivity index is 2.70. The zero-order valence-corrected chi connectivity index (χ0v) is 12.3.